The molecule has 0 aliphatic carbocycles. The number of hydrogen-bond donors (Lipinski definition) is 1. The minimum absolute atomic E-state index is 0.0712. The molecule has 2 fully saturated rings. The molecule has 0 aromatic carbocycles. The molecule has 0 spiro atoms. The van der Waals surface area contributed by atoms with Gasteiger partial charge in [-0.1, -0.05) is 6.92 Å². The van der Waals surface area contributed by atoms with Crippen LogP contribution in [-0.2, 0) is 0 Å². The van der Waals surface area contributed by atoms with E-state index in [1.54, 1.807) is 0 Å². The van der Waals surface area contributed by atoms with Gasteiger partial charge in [0.15, 0.2) is 0 Å². The molecular formula is C10H20N2O. The first-order valence-electron chi connectivity index (χ1n) is 5.27. The lowest BCUT2D eigenvalue weighted by Gasteiger charge is -2.26. The number of likely N-dealkylation sites (tertiary alicyclic amines) is 2. The lowest BCUT2D eigenvalue weighted by molar-refractivity contribution is 0.150. The molecule has 2 aliphatic rings. The van der Waals surface area contributed by atoms with Crippen LogP contribution in [0.2, 0.25) is 0 Å². The smallest absolute Gasteiger partial charge is 0.0679 e. The van der Waals surface area contributed by atoms with Crippen LogP contribution in [-0.4, -0.2) is 60.3 Å². The Morgan fingerprint density at radius 1 is 1.23 bits per heavy atom. The molecule has 13 heavy (non-hydrogen) atoms. The van der Waals surface area contributed by atoms with Crippen LogP contribution in [0.25, 0.3) is 0 Å². The van der Waals surface area contributed by atoms with Gasteiger partial charge in [0, 0.05) is 32.2 Å². The van der Waals surface area contributed by atoms with Gasteiger partial charge in [-0.05, 0) is 19.4 Å². The van der Waals surface area contributed by atoms with Gasteiger partial charge in [0.05, 0.1) is 6.10 Å². The van der Waals surface area contributed by atoms with Crippen LogP contribution in [0, 0.1) is 5.92 Å². The summed E-state index contributed by atoms with van der Waals surface area (Å²) in [6, 6.07) is 0.683. The van der Waals surface area contributed by atoms with Crippen molar-refractivity contribution in [2.45, 2.75) is 25.5 Å². The fourth-order valence-electron chi connectivity index (χ4n) is 2.73. The lowest BCUT2D eigenvalue weighted by Crippen LogP contribution is -2.38. The molecule has 2 rings (SSSR count). The summed E-state index contributed by atoms with van der Waals surface area (Å²) in [5, 5.41) is 9.46. The van der Waals surface area contributed by atoms with Crippen molar-refractivity contribution in [3.63, 3.8) is 0 Å². The quantitative estimate of drug-likeness (QED) is 0.621. The first kappa shape index (κ1) is 9.44. The standard InChI is InChI=1S/C10H20N2O/c1-8-5-11(2)7-10(8)12-4-3-9(13)6-12/h8-10,13H,3-7H2,1-2H3/t8?,9-,10?/m1/s1. The van der Waals surface area contributed by atoms with Crippen molar-refractivity contribution in [3.05, 3.63) is 0 Å². The molecule has 0 aromatic rings. The zero-order chi connectivity index (χ0) is 9.42. The minimum Gasteiger partial charge on any atom is -0.392 e. The summed E-state index contributed by atoms with van der Waals surface area (Å²) in [6.45, 7) is 6.68. The Labute approximate surface area is 80.3 Å². The molecule has 0 saturated carbocycles. The number of rotatable bonds is 1. The monoisotopic (exact) mass is 184 g/mol. The second kappa shape index (κ2) is 3.56. The fourth-order valence-corrected chi connectivity index (χ4v) is 2.73. The minimum atomic E-state index is -0.0712. The second-order valence-electron chi connectivity index (χ2n) is 4.70. The molecule has 3 atom stereocenters. The maximum absolute atomic E-state index is 9.46. The molecule has 3 heteroatoms. The Balaban J connectivity index is 1.93. The van der Waals surface area contributed by atoms with E-state index >= 15 is 0 Å². The zero-order valence-corrected chi connectivity index (χ0v) is 8.61. The van der Waals surface area contributed by atoms with Gasteiger partial charge in [-0.25, -0.2) is 0 Å². The van der Waals surface area contributed by atoms with Crippen molar-refractivity contribution in [3.8, 4) is 0 Å². The summed E-state index contributed by atoms with van der Waals surface area (Å²) in [5.74, 6) is 0.760. The number of aliphatic hydroxyl groups excluding tert-OH is 1. The Morgan fingerprint density at radius 2 is 2.00 bits per heavy atom. The molecule has 0 bridgehead atoms. The van der Waals surface area contributed by atoms with Crippen LogP contribution in [0.5, 0.6) is 0 Å². The third-order valence-electron chi connectivity index (χ3n) is 3.42. The van der Waals surface area contributed by atoms with Crippen molar-refractivity contribution in [1.82, 2.24) is 9.80 Å². The maximum Gasteiger partial charge on any atom is 0.0679 e. The molecule has 0 amide bonds. The van der Waals surface area contributed by atoms with E-state index in [4.69, 9.17) is 0 Å². The first-order valence-corrected chi connectivity index (χ1v) is 5.27. The van der Waals surface area contributed by atoms with E-state index in [-0.39, 0.29) is 6.10 Å². The van der Waals surface area contributed by atoms with Crippen LogP contribution >= 0.6 is 0 Å². The van der Waals surface area contributed by atoms with Crippen LogP contribution in [0.4, 0.5) is 0 Å². The predicted octanol–water partition coefficient (Wildman–Crippen LogP) is 0.00310. The number of aliphatic hydroxyl groups is 1. The lowest BCUT2D eigenvalue weighted by atomic mass is 10.1. The summed E-state index contributed by atoms with van der Waals surface area (Å²) in [5.41, 5.74) is 0. The van der Waals surface area contributed by atoms with E-state index in [0.29, 0.717) is 6.04 Å². The van der Waals surface area contributed by atoms with E-state index in [1.165, 1.54) is 13.1 Å². The molecule has 0 aromatic heterocycles. The Bertz CT molecular complexity index is 186. The van der Waals surface area contributed by atoms with Crippen molar-refractivity contribution in [2.24, 2.45) is 5.92 Å². The van der Waals surface area contributed by atoms with Gasteiger partial charge < -0.3 is 10.0 Å². The van der Waals surface area contributed by atoms with Crippen molar-refractivity contribution < 1.29 is 5.11 Å². The fraction of sp³-hybridized carbons (Fsp3) is 1.00. The van der Waals surface area contributed by atoms with E-state index < -0.39 is 0 Å². The van der Waals surface area contributed by atoms with Gasteiger partial charge in [-0.2, -0.15) is 0 Å². The van der Waals surface area contributed by atoms with E-state index in [9.17, 15) is 5.11 Å². The Morgan fingerprint density at radius 3 is 2.46 bits per heavy atom. The zero-order valence-electron chi connectivity index (χ0n) is 8.61. The highest BCUT2D eigenvalue weighted by Gasteiger charge is 2.35. The van der Waals surface area contributed by atoms with Crippen molar-refractivity contribution in [2.75, 3.05) is 33.2 Å². The topological polar surface area (TPSA) is 26.7 Å². The highest BCUT2D eigenvalue weighted by Crippen LogP contribution is 2.23. The highest BCUT2D eigenvalue weighted by atomic mass is 16.3. The molecule has 76 valence electrons. The average molecular weight is 184 g/mol. The van der Waals surface area contributed by atoms with Gasteiger partial charge in [-0.15, -0.1) is 0 Å². The molecule has 2 saturated heterocycles. The van der Waals surface area contributed by atoms with Gasteiger partial charge >= 0.3 is 0 Å². The third kappa shape index (κ3) is 1.87. The third-order valence-corrected chi connectivity index (χ3v) is 3.42. The SMILES string of the molecule is CC1CN(C)CC1N1CC[C@@H](O)C1. The molecular weight excluding hydrogens is 164 g/mol. The summed E-state index contributed by atoms with van der Waals surface area (Å²) in [7, 11) is 2.18. The van der Waals surface area contributed by atoms with Gasteiger partial charge in [-0.3, -0.25) is 4.90 Å². The van der Waals surface area contributed by atoms with Gasteiger partial charge in [0.2, 0.25) is 0 Å². The molecule has 2 heterocycles. The molecule has 2 aliphatic heterocycles. The van der Waals surface area contributed by atoms with Crippen molar-refractivity contribution >= 4 is 0 Å². The molecule has 0 radical (unpaired) electrons. The second-order valence-corrected chi connectivity index (χ2v) is 4.70. The summed E-state index contributed by atoms with van der Waals surface area (Å²) in [4.78, 5) is 4.85. The molecule has 1 N–H and O–H groups in total. The van der Waals surface area contributed by atoms with E-state index in [2.05, 4.69) is 23.8 Å². The van der Waals surface area contributed by atoms with Crippen LogP contribution < -0.4 is 0 Å². The number of β-amino-alcohol motifs (C(OH)–C–C–N with tert-alkyl or cyclic N) is 1. The van der Waals surface area contributed by atoms with Gasteiger partial charge in [0.25, 0.3) is 0 Å². The predicted molar refractivity (Wildman–Crippen MR) is 52.6 cm³/mol. The summed E-state index contributed by atoms with van der Waals surface area (Å²) in [6.07, 6.45) is 0.894. The van der Waals surface area contributed by atoms with Gasteiger partial charge in [0.1, 0.15) is 0 Å². The van der Waals surface area contributed by atoms with Crippen LogP contribution in [0.15, 0.2) is 0 Å². The highest BCUT2D eigenvalue weighted by molar-refractivity contribution is 4.90. The van der Waals surface area contributed by atoms with E-state index in [0.717, 1.165) is 25.4 Å². The van der Waals surface area contributed by atoms with Crippen LogP contribution in [0.3, 0.4) is 0 Å². The largest absolute Gasteiger partial charge is 0.392 e. The number of hydrogen-bond acceptors (Lipinski definition) is 3. The molecule has 2 unspecified atom stereocenters. The summed E-state index contributed by atoms with van der Waals surface area (Å²) < 4.78 is 0. The Hall–Kier alpha value is -0.120. The van der Waals surface area contributed by atoms with E-state index in [1.807, 2.05) is 0 Å². The number of likely N-dealkylation sites (N-methyl/N-ethyl adjacent to an activating group) is 1. The number of nitrogens with zero attached hydrogens (tertiary/aromatic N) is 2. The normalized spacial score (nSPS) is 43.2. The Kier molecular flexibility index (Phi) is 2.58. The van der Waals surface area contributed by atoms with Crippen LogP contribution in [0.1, 0.15) is 13.3 Å². The molecule has 3 nitrogen and oxygen atoms in total. The summed E-state index contributed by atoms with van der Waals surface area (Å²) >= 11 is 0. The first-order chi connectivity index (χ1) is 6.16. The maximum atomic E-state index is 9.46. The van der Waals surface area contributed by atoms with Crippen molar-refractivity contribution in [1.29, 1.82) is 0 Å². The average Bonchev–Trinajstić information content (AvgIpc) is 2.58.